The lowest BCUT2D eigenvalue weighted by Crippen LogP contribution is -2.85. The normalized spacial score (nSPS) is 27.0. The number of pyridine rings is 1. The molecule has 0 bridgehead atoms. The topological polar surface area (TPSA) is 101 Å². The monoisotopic (exact) mass is 612 g/mol. The number of nitrogens with one attached hydrogen (secondary N) is 1. The Labute approximate surface area is 257 Å². The summed E-state index contributed by atoms with van der Waals surface area (Å²) in [6.45, 7) is 11.6. The second-order valence-corrected chi connectivity index (χ2v) is 12.4. The van der Waals surface area contributed by atoms with E-state index in [-0.39, 0.29) is 23.7 Å². The van der Waals surface area contributed by atoms with Gasteiger partial charge in [0.2, 0.25) is 11.6 Å². The Kier molecular flexibility index (Phi) is 8.76. The summed E-state index contributed by atoms with van der Waals surface area (Å²) in [4.78, 5) is 28.8. The van der Waals surface area contributed by atoms with Crippen molar-refractivity contribution in [2.75, 3.05) is 75.9 Å². The molecule has 44 heavy (non-hydrogen) atoms. The number of rotatable bonds is 7. The van der Waals surface area contributed by atoms with Crippen LogP contribution in [0.2, 0.25) is 0 Å². The van der Waals surface area contributed by atoms with Gasteiger partial charge in [-0.2, -0.15) is 0 Å². The fourth-order valence-electron chi connectivity index (χ4n) is 7.58. The van der Waals surface area contributed by atoms with Crippen LogP contribution in [0.15, 0.2) is 36.6 Å². The van der Waals surface area contributed by atoms with Gasteiger partial charge in [-0.25, -0.2) is 18.8 Å². The molecule has 12 heteroatoms. The van der Waals surface area contributed by atoms with Crippen molar-refractivity contribution in [3.8, 4) is 0 Å². The highest BCUT2D eigenvalue weighted by molar-refractivity contribution is 6.02. The number of aromatic nitrogens is 1. The van der Waals surface area contributed by atoms with Crippen LogP contribution in [0.1, 0.15) is 43.9 Å². The molecule has 3 atom stereocenters. The molecule has 3 saturated heterocycles. The van der Waals surface area contributed by atoms with Crippen molar-refractivity contribution in [2.45, 2.75) is 56.4 Å². The number of ether oxygens (including phenoxy) is 2. The average Bonchev–Trinajstić information content (AvgIpc) is 3.16. The van der Waals surface area contributed by atoms with E-state index in [0.29, 0.717) is 69.6 Å². The molecule has 5 aliphatic rings. The predicted molar refractivity (Wildman–Crippen MR) is 166 cm³/mol. The summed E-state index contributed by atoms with van der Waals surface area (Å²) in [5, 5.41) is 0. The molecule has 1 spiro atoms. The zero-order valence-electron chi connectivity index (χ0n) is 25.7. The maximum atomic E-state index is 14.5. The highest BCUT2D eigenvalue weighted by Gasteiger charge is 2.50. The van der Waals surface area contributed by atoms with Crippen molar-refractivity contribution >= 4 is 29.2 Å². The first-order chi connectivity index (χ1) is 21.3. The van der Waals surface area contributed by atoms with E-state index in [1.165, 1.54) is 6.08 Å². The molecule has 1 amide bonds. The molecule has 3 N–H and O–H groups in total. The first-order valence-corrected chi connectivity index (χ1v) is 15.6. The van der Waals surface area contributed by atoms with Gasteiger partial charge < -0.3 is 29.9 Å². The van der Waals surface area contributed by atoms with Crippen LogP contribution < -0.4 is 20.5 Å². The minimum absolute atomic E-state index is 0.0318. The summed E-state index contributed by atoms with van der Waals surface area (Å²) in [5.74, 6) is 0.545. The van der Waals surface area contributed by atoms with Crippen LogP contribution in [0.5, 0.6) is 0 Å². The SMILES string of the molecule is C=CC(=O)N1CCN(C2CN3c4cc(N5CCC6(CC5)OC(COC)C[NH+]=C6/C(C)=C\N)nc(C(F)F)c4C=CCC23)CC1. The lowest BCUT2D eigenvalue weighted by molar-refractivity contribution is -0.494. The highest BCUT2D eigenvalue weighted by atomic mass is 19.3. The fraction of sp³-hybridized carbons (Fsp3) is 0.594. The largest absolute Gasteiger partial charge is 0.404 e. The molecular formula is C32H44F2N7O3+. The van der Waals surface area contributed by atoms with Gasteiger partial charge in [-0.15, -0.1) is 0 Å². The van der Waals surface area contributed by atoms with Gasteiger partial charge in [-0.05, 0) is 19.4 Å². The van der Waals surface area contributed by atoms with Crippen molar-refractivity contribution in [2.24, 2.45) is 5.73 Å². The summed E-state index contributed by atoms with van der Waals surface area (Å²) in [6.07, 6.45) is 6.14. The van der Waals surface area contributed by atoms with Gasteiger partial charge in [0.05, 0.1) is 12.3 Å². The molecule has 6 rings (SSSR count). The van der Waals surface area contributed by atoms with Crippen LogP contribution in [-0.4, -0.2) is 116 Å². The molecular weight excluding hydrogens is 568 g/mol. The van der Waals surface area contributed by atoms with Crippen LogP contribution in [0.25, 0.3) is 6.08 Å². The van der Waals surface area contributed by atoms with E-state index < -0.39 is 12.0 Å². The number of amides is 1. The maximum absolute atomic E-state index is 14.5. The first kappa shape index (κ1) is 30.7. The van der Waals surface area contributed by atoms with E-state index in [4.69, 9.17) is 15.2 Å². The number of hydrogen-bond acceptors (Lipinski definition) is 8. The van der Waals surface area contributed by atoms with Crippen LogP contribution in [0.4, 0.5) is 20.3 Å². The quantitative estimate of drug-likeness (QED) is 0.442. The van der Waals surface area contributed by atoms with Crippen LogP contribution in [0, 0.1) is 0 Å². The Morgan fingerprint density at radius 2 is 2.00 bits per heavy atom. The molecule has 3 unspecified atom stereocenters. The number of nitrogens with two attached hydrogens (primary N) is 1. The van der Waals surface area contributed by atoms with Crippen molar-refractivity contribution in [3.05, 3.63) is 47.8 Å². The fourth-order valence-corrected chi connectivity index (χ4v) is 7.58. The minimum Gasteiger partial charge on any atom is -0.404 e. The molecule has 0 aliphatic carbocycles. The van der Waals surface area contributed by atoms with E-state index >= 15 is 0 Å². The number of alkyl halides is 2. The molecule has 3 fully saturated rings. The third-order valence-electron chi connectivity index (χ3n) is 9.98. The van der Waals surface area contributed by atoms with E-state index in [1.54, 1.807) is 13.3 Å². The lowest BCUT2D eigenvalue weighted by Gasteiger charge is -2.55. The number of piperidine rings is 1. The number of hydrogen-bond donors (Lipinski definition) is 2. The standard InChI is InChI=1S/C32H43F2N7O3/c1-4-28(42)40-14-12-38(13-15-40)26-19-41-24(26)7-5-6-23-25(41)16-27(37-29(23)31(33)34)39-10-8-32(9-11-39)30(21(2)17-35)36-18-22(44-32)20-43-3/h4-6,16-17,22,24,26,31H,1,7-15,18-20,35H2,2-3H3/p+1/b21-17-. The van der Waals surface area contributed by atoms with Gasteiger partial charge in [0.25, 0.3) is 6.43 Å². The highest BCUT2D eigenvalue weighted by Crippen LogP contribution is 2.43. The predicted octanol–water partition coefficient (Wildman–Crippen LogP) is 1.09. The number of methoxy groups -OCH3 is 1. The number of piperazine rings is 1. The van der Waals surface area contributed by atoms with Crippen LogP contribution in [0.3, 0.4) is 0 Å². The zero-order chi connectivity index (χ0) is 31.0. The molecule has 1 aromatic rings. The maximum Gasteiger partial charge on any atom is 0.281 e. The Balaban J connectivity index is 1.22. The van der Waals surface area contributed by atoms with Gasteiger partial charge in [-0.3, -0.25) is 9.69 Å². The third-order valence-corrected chi connectivity index (χ3v) is 9.98. The van der Waals surface area contributed by atoms with Crippen molar-refractivity contribution in [3.63, 3.8) is 0 Å². The molecule has 1 aromatic heterocycles. The van der Waals surface area contributed by atoms with E-state index in [0.717, 1.165) is 43.0 Å². The Morgan fingerprint density at radius 3 is 2.66 bits per heavy atom. The number of carbonyl (C=O) groups excluding carboxylic acids is 1. The number of nitrogens with zero attached hydrogens (tertiary/aromatic N) is 5. The second-order valence-electron chi connectivity index (χ2n) is 12.4. The van der Waals surface area contributed by atoms with Gasteiger partial charge >= 0.3 is 0 Å². The first-order valence-electron chi connectivity index (χ1n) is 15.6. The smallest absolute Gasteiger partial charge is 0.281 e. The number of carbonyl (C=O) groups is 1. The molecule has 6 heterocycles. The van der Waals surface area contributed by atoms with Crippen molar-refractivity contribution < 1.29 is 28.0 Å². The summed E-state index contributed by atoms with van der Waals surface area (Å²) in [6, 6.07) is 2.49. The van der Waals surface area contributed by atoms with Crippen LogP contribution >= 0.6 is 0 Å². The van der Waals surface area contributed by atoms with Crippen molar-refractivity contribution in [1.82, 2.24) is 14.8 Å². The van der Waals surface area contributed by atoms with Crippen LogP contribution in [-0.2, 0) is 14.3 Å². The van der Waals surface area contributed by atoms with Gasteiger partial charge in [0.15, 0.2) is 12.1 Å². The Bertz CT molecular complexity index is 1350. The Morgan fingerprint density at radius 1 is 1.25 bits per heavy atom. The summed E-state index contributed by atoms with van der Waals surface area (Å²) in [7, 11) is 1.67. The second kappa shape index (κ2) is 12.6. The molecule has 10 nitrogen and oxygen atoms in total. The van der Waals surface area contributed by atoms with E-state index in [9.17, 15) is 13.6 Å². The Hall–Kier alpha value is -3.35. The molecule has 0 aromatic carbocycles. The van der Waals surface area contributed by atoms with E-state index in [1.807, 2.05) is 30.0 Å². The summed E-state index contributed by atoms with van der Waals surface area (Å²) < 4.78 is 41.0. The van der Waals surface area contributed by atoms with E-state index in [2.05, 4.69) is 31.3 Å². The molecule has 238 valence electrons. The molecule has 5 aliphatic heterocycles. The number of halogens is 2. The van der Waals surface area contributed by atoms with Gasteiger partial charge in [0.1, 0.15) is 17.6 Å². The third kappa shape index (κ3) is 5.52. The lowest BCUT2D eigenvalue weighted by atomic mass is 9.82. The van der Waals surface area contributed by atoms with Gasteiger partial charge in [-0.1, -0.05) is 18.7 Å². The zero-order valence-corrected chi connectivity index (χ0v) is 25.7. The summed E-state index contributed by atoms with van der Waals surface area (Å²) in [5.41, 5.74) is 8.47. The number of fused-ring (bicyclic) bond motifs is 3. The molecule has 0 radical (unpaired) electrons. The molecule has 0 saturated carbocycles. The van der Waals surface area contributed by atoms with Crippen molar-refractivity contribution in [1.29, 1.82) is 0 Å². The van der Waals surface area contributed by atoms with Gasteiger partial charge in [0, 0.05) is 101 Å². The number of anilines is 2. The average molecular weight is 613 g/mol. The summed E-state index contributed by atoms with van der Waals surface area (Å²) >= 11 is 0. The minimum atomic E-state index is -2.69.